The van der Waals surface area contributed by atoms with Crippen molar-refractivity contribution in [2.45, 2.75) is 25.3 Å². The minimum atomic E-state index is 0.166. The van der Waals surface area contributed by atoms with Crippen molar-refractivity contribution in [2.24, 2.45) is 11.7 Å². The predicted molar refractivity (Wildman–Crippen MR) is 64.1 cm³/mol. The summed E-state index contributed by atoms with van der Waals surface area (Å²) >= 11 is 0. The molecule has 0 aliphatic heterocycles. The Morgan fingerprint density at radius 1 is 1.29 bits per heavy atom. The molecule has 0 spiro atoms. The smallest absolute Gasteiger partial charge is 0.228 e. The number of hydrogen-bond donors (Lipinski definition) is 1. The fourth-order valence-electron chi connectivity index (χ4n) is 1.93. The van der Waals surface area contributed by atoms with Gasteiger partial charge in [-0.1, -0.05) is 35.5 Å². The second-order valence-corrected chi connectivity index (χ2v) is 4.58. The van der Waals surface area contributed by atoms with Crippen LogP contribution in [0.4, 0.5) is 0 Å². The number of nitrogens with zero attached hydrogens (tertiary/aromatic N) is 2. The summed E-state index contributed by atoms with van der Waals surface area (Å²) in [5.74, 6) is 1.94. The van der Waals surface area contributed by atoms with Gasteiger partial charge in [0.05, 0.1) is 0 Å². The molecule has 0 bridgehead atoms. The zero-order chi connectivity index (χ0) is 11.7. The quantitative estimate of drug-likeness (QED) is 0.871. The van der Waals surface area contributed by atoms with E-state index in [2.05, 4.69) is 10.1 Å². The Morgan fingerprint density at radius 2 is 2.06 bits per heavy atom. The number of benzene rings is 1. The first-order valence-corrected chi connectivity index (χ1v) is 5.96. The lowest BCUT2D eigenvalue weighted by molar-refractivity contribution is 0.364. The summed E-state index contributed by atoms with van der Waals surface area (Å²) in [6.07, 6.45) is 3.16. The monoisotopic (exact) mass is 229 g/mol. The van der Waals surface area contributed by atoms with Gasteiger partial charge in [-0.15, -0.1) is 0 Å². The fraction of sp³-hybridized carbons (Fsp3) is 0.385. The minimum Gasteiger partial charge on any atom is -0.339 e. The highest BCUT2D eigenvalue weighted by Gasteiger charge is 2.29. The number of aromatic nitrogens is 2. The molecule has 4 heteroatoms. The van der Waals surface area contributed by atoms with Gasteiger partial charge in [-0.05, 0) is 18.8 Å². The van der Waals surface area contributed by atoms with Crippen molar-refractivity contribution < 1.29 is 4.52 Å². The molecule has 2 aromatic rings. The molecule has 2 N–H and O–H groups in total. The highest BCUT2D eigenvalue weighted by atomic mass is 16.5. The van der Waals surface area contributed by atoms with Crippen molar-refractivity contribution in [1.29, 1.82) is 0 Å². The standard InChI is InChI=1S/C13H15N3O/c14-11(9-6-7-9)8-12-15-13(16-17-12)10-4-2-1-3-5-10/h1-5,9,11H,6-8,14H2. The van der Waals surface area contributed by atoms with E-state index in [-0.39, 0.29) is 6.04 Å². The molecular weight excluding hydrogens is 214 g/mol. The van der Waals surface area contributed by atoms with Crippen molar-refractivity contribution in [3.63, 3.8) is 0 Å². The van der Waals surface area contributed by atoms with Crippen LogP contribution in [0.3, 0.4) is 0 Å². The Bertz CT molecular complexity index is 490. The second-order valence-electron chi connectivity index (χ2n) is 4.58. The normalized spacial score (nSPS) is 17.0. The number of nitrogens with two attached hydrogens (primary N) is 1. The summed E-state index contributed by atoms with van der Waals surface area (Å²) < 4.78 is 5.23. The van der Waals surface area contributed by atoms with E-state index in [4.69, 9.17) is 10.3 Å². The van der Waals surface area contributed by atoms with Gasteiger partial charge in [-0.25, -0.2) is 0 Å². The van der Waals surface area contributed by atoms with E-state index < -0.39 is 0 Å². The first-order valence-electron chi connectivity index (χ1n) is 5.96. The van der Waals surface area contributed by atoms with Crippen LogP contribution in [0.2, 0.25) is 0 Å². The zero-order valence-electron chi connectivity index (χ0n) is 9.54. The summed E-state index contributed by atoms with van der Waals surface area (Å²) in [5, 5.41) is 3.98. The van der Waals surface area contributed by atoms with Crippen LogP contribution in [0, 0.1) is 5.92 Å². The first kappa shape index (κ1) is 10.5. The molecule has 3 rings (SSSR count). The lowest BCUT2D eigenvalue weighted by atomic mass is 10.1. The summed E-state index contributed by atoms with van der Waals surface area (Å²) in [6.45, 7) is 0. The van der Waals surface area contributed by atoms with Gasteiger partial charge in [0.1, 0.15) is 0 Å². The van der Waals surface area contributed by atoms with Crippen LogP contribution in [0.25, 0.3) is 11.4 Å². The number of hydrogen-bond acceptors (Lipinski definition) is 4. The van der Waals surface area contributed by atoms with Crippen molar-refractivity contribution in [3.8, 4) is 11.4 Å². The van der Waals surface area contributed by atoms with E-state index in [0.29, 0.717) is 24.1 Å². The topological polar surface area (TPSA) is 64.9 Å². The Hall–Kier alpha value is -1.68. The second kappa shape index (κ2) is 4.30. The molecule has 1 fully saturated rings. The van der Waals surface area contributed by atoms with Crippen LogP contribution in [0.15, 0.2) is 34.9 Å². The van der Waals surface area contributed by atoms with E-state index >= 15 is 0 Å². The summed E-state index contributed by atoms with van der Waals surface area (Å²) in [6, 6.07) is 9.99. The summed E-state index contributed by atoms with van der Waals surface area (Å²) in [7, 11) is 0. The Labute approximate surface area is 99.8 Å². The van der Waals surface area contributed by atoms with E-state index in [1.165, 1.54) is 12.8 Å². The van der Waals surface area contributed by atoms with Crippen molar-refractivity contribution in [2.75, 3.05) is 0 Å². The zero-order valence-corrected chi connectivity index (χ0v) is 9.54. The maximum Gasteiger partial charge on any atom is 0.228 e. The van der Waals surface area contributed by atoms with Crippen molar-refractivity contribution >= 4 is 0 Å². The summed E-state index contributed by atoms with van der Waals surface area (Å²) in [4.78, 5) is 4.37. The third-order valence-electron chi connectivity index (χ3n) is 3.14. The molecule has 0 radical (unpaired) electrons. The van der Waals surface area contributed by atoms with Crippen LogP contribution in [-0.2, 0) is 6.42 Å². The van der Waals surface area contributed by atoms with Gasteiger partial charge < -0.3 is 10.3 Å². The third-order valence-corrected chi connectivity index (χ3v) is 3.14. The highest BCUT2D eigenvalue weighted by molar-refractivity contribution is 5.53. The predicted octanol–water partition coefficient (Wildman–Crippen LogP) is 2.02. The third kappa shape index (κ3) is 2.36. The maximum absolute atomic E-state index is 6.03. The first-order chi connectivity index (χ1) is 8.33. The van der Waals surface area contributed by atoms with Crippen molar-refractivity contribution in [1.82, 2.24) is 10.1 Å². The van der Waals surface area contributed by atoms with Crippen molar-refractivity contribution in [3.05, 3.63) is 36.2 Å². The molecule has 0 amide bonds. The molecule has 1 aromatic heterocycles. The molecule has 1 aliphatic rings. The average molecular weight is 229 g/mol. The molecule has 0 saturated heterocycles. The SMILES string of the molecule is NC(Cc1nc(-c2ccccc2)no1)C1CC1. The molecule has 17 heavy (non-hydrogen) atoms. The average Bonchev–Trinajstić information content (AvgIpc) is 3.12. The minimum absolute atomic E-state index is 0.166. The summed E-state index contributed by atoms with van der Waals surface area (Å²) in [5.41, 5.74) is 7.01. The van der Waals surface area contributed by atoms with E-state index in [1.54, 1.807) is 0 Å². The van der Waals surface area contributed by atoms with Gasteiger partial charge in [-0.3, -0.25) is 0 Å². The highest BCUT2D eigenvalue weighted by Crippen LogP contribution is 2.32. The van der Waals surface area contributed by atoms with Gasteiger partial charge in [-0.2, -0.15) is 4.98 Å². The lowest BCUT2D eigenvalue weighted by Crippen LogP contribution is -2.25. The van der Waals surface area contributed by atoms with E-state index in [0.717, 1.165) is 5.56 Å². The molecule has 1 aliphatic carbocycles. The molecule has 4 nitrogen and oxygen atoms in total. The van der Waals surface area contributed by atoms with Gasteiger partial charge in [0, 0.05) is 18.0 Å². The van der Waals surface area contributed by atoms with Gasteiger partial charge in [0.2, 0.25) is 11.7 Å². The molecule has 1 heterocycles. The van der Waals surface area contributed by atoms with E-state index in [9.17, 15) is 0 Å². The lowest BCUT2D eigenvalue weighted by Gasteiger charge is -2.04. The van der Waals surface area contributed by atoms with Crippen LogP contribution in [-0.4, -0.2) is 16.2 Å². The number of rotatable bonds is 4. The van der Waals surface area contributed by atoms with Gasteiger partial charge in [0.25, 0.3) is 0 Å². The molecule has 1 saturated carbocycles. The van der Waals surface area contributed by atoms with Crippen LogP contribution < -0.4 is 5.73 Å². The van der Waals surface area contributed by atoms with Crippen LogP contribution >= 0.6 is 0 Å². The van der Waals surface area contributed by atoms with Crippen LogP contribution in [0.5, 0.6) is 0 Å². The molecule has 1 atom stereocenters. The molecular formula is C13H15N3O. The largest absolute Gasteiger partial charge is 0.339 e. The Morgan fingerprint density at radius 3 is 2.76 bits per heavy atom. The molecule has 88 valence electrons. The molecule has 1 unspecified atom stereocenters. The van der Waals surface area contributed by atoms with Gasteiger partial charge in [0.15, 0.2) is 0 Å². The Kier molecular flexibility index (Phi) is 2.65. The Balaban J connectivity index is 1.74. The fourth-order valence-corrected chi connectivity index (χ4v) is 1.93. The van der Waals surface area contributed by atoms with Crippen LogP contribution in [0.1, 0.15) is 18.7 Å². The maximum atomic E-state index is 6.03. The van der Waals surface area contributed by atoms with Gasteiger partial charge >= 0.3 is 0 Å². The van der Waals surface area contributed by atoms with E-state index in [1.807, 2.05) is 30.3 Å². The molecule has 1 aromatic carbocycles.